The first-order valence-corrected chi connectivity index (χ1v) is 8.21. The predicted molar refractivity (Wildman–Crippen MR) is 84.6 cm³/mol. The molecule has 2 aliphatic carbocycles. The molecule has 0 amide bonds. The van der Waals surface area contributed by atoms with Crippen LogP contribution in [0.15, 0.2) is 23.8 Å². The van der Waals surface area contributed by atoms with Gasteiger partial charge in [0.15, 0.2) is 17.4 Å². The molecule has 1 N–H and O–H groups in total. The van der Waals surface area contributed by atoms with Crippen LogP contribution in [0.25, 0.3) is 6.08 Å². The Morgan fingerprint density at radius 3 is 2.70 bits per heavy atom. The van der Waals surface area contributed by atoms with Crippen molar-refractivity contribution in [1.82, 2.24) is 0 Å². The van der Waals surface area contributed by atoms with Crippen molar-refractivity contribution in [1.29, 1.82) is 0 Å². The standard InChI is InChI=1S/C19H22F2O2/c1-11-14-4-3-5-17(22)19(14,2)10-13(18(11)23)8-12-6-7-15(20)16(21)9-12/h6-9,11,14,17,22H,3-5,10H2,1-2H3/t11?,14?,17-,19-/m0/s1. The van der Waals surface area contributed by atoms with Crippen molar-refractivity contribution in [3.05, 3.63) is 41.0 Å². The average molecular weight is 320 g/mol. The van der Waals surface area contributed by atoms with Gasteiger partial charge in [-0.15, -0.1) is 0 Å². The van der Waals surface area contributed by atoms with Crippen LogP contribution in [0.2, 0.25) is 0 Å². The Morgan fingerprint density at radius 2 is 2.00 bits per heavy atom. The number of hydrogen-bond acceptors (Lipinski definition) is 2. The molecule has 0 aliphatic heterocycles. The lowest BCUT2D eigenvalue weighted by molar-refractivity contribution is -0.133. The van der Waals surface area contributed by atoms with E-state index in [9.17, 15) is 18.7 Å². The zero-order chi connectivity index (χ0) is 16.8. The van der Waals surface area contributed by atoms with E-state index in [2.05, 4.69) is 0 Å². The van der Waals surface area contributed by atoms with Gasteiger partial charge in [0.05, 0.1) is 6.10 Å². The van der Waals surface area contributed by atoms with Crippen molar-refractivity contribution in [2.75, 3.05) is 0 Å². The summed E-state index contributed by atoms with van der Waals surface area (Å²) in [6.45, 7) is 3.96. The van der Waals surface area contributed by atoms with Gasteiger partial charge in [-0.1, -0.05) is 26.3 Å². The molecule has 124 valence electrons. The van der Waals surface area contributed by atoms with Gasteiger partial charge < -0.3 is 5.11 Å². The summed E-state index contributed by atoms with van der Waals surface area (Å²) in [6.07, 6.45) is 4.36. The number of carbonyl (C=O) groups is 1. The largest absolute Gasteiger partial charge is 0.393 e. The molecular weight excluding hydrogens is 298 g/mol. The highest BCUT2D eigenvalue weighted by atomic mass is 19.2. The van der Waals surface area contributed by atoms with Crippen molar-refractivity contribution < 1.29 is 18.7 Å². The van der Waals surface area contributed by atoms with Crippen molar-refractivity contribution in [3.8, 4) is 0 Å². The predicted octanol–water partition coefficient (Wildman–Crippen LogP) is 4.12. The SMILES string of the molecule is CC1C(=O)C(=Cc2ccc(F)c(F)c2)C[C@@]2(C)C1CCC[C@@H]2O. The smallest absolute Gasteiger partial charge is 0.161 e. The number of benzene rings is 1. The van der Waals surface area contributed by atoms with Gasteiger partial charge in [0.1, 0.15) is 0 Å². The van der Waals surface area contributed by atoms with Crippen molar-refractivity contribution in [2.45, 2.75) is 45.6 Å². The van der Waals surface area contributed by atoms with Crippen LogP contribution in [0.4, 0.5) is 8.78 Å². The zero-order valence-corrected chi connectivity index (χ0v) is 13.5. The third kappa shape index (κ3) is 2.74. The highest BCUT2D eigenvalue weighted by Gasteiger charge is 2.51. The summed E-state index contributed by atoms with van der Waals surface area (Å²) in [7, 11) is 0. The molecule has 0 radical (unpaired) electrons. The maximum atomic E-state index is 13.4. The lowest BCUT2D eigenvalue weighted by atomic mass is 9.54. The molecule has 2 nitrogen and oxygen atoms in total. The minimum atomic E-state index is -0.919. The van der Waals surface area contributed by atoms with Gasteiger partial charge in [-0.25, -0.2) is 8.78 Å². The highest BCUT2D eigenvalue weighted by Crippen LogP contribution is 2.53. The average Bonchev–Trinajstić information content (AvgIpc) is 2.50. The number of aliphatic hydroxyl groups is 1. The number of carbonyl (C=O) groups excluding carboxylic acids is 1. The van der Waals surface area contributed by atoms with Crippen LogP contribution in [-0.4, -0.2) is 17.0 Å². The number of Topliss-reactive ketones (excluding diaryl/α,β-unsaturated/α-hetero) is 1. The molecule has 23 heavy (non-hydrogen) atoms. The van der Waals surface area contributed by atoms with E-state index < -0.39 is 17.7 Å². The monoisotopic (exact) mass is 320 g/mol. The minimum absolute atomic E-state index is 0.0614. The molecule has 2 saturated carbocycles. The summed E-state index contributed by atoms with van der Waals surface area (Å²) in [5.74, 6) is -1.73. The second-order valence-electron chi connectivity index (χ2n) is 7.23. The van der Waals surface area contributed by atoms with Crippen LogP contribution < -0.4 is 0 Å². The van der Waals surface area contributed by atoms with Gasteiger partial charge in [-0.3, -0.25) is 4.79 Å². The summed E-state index contributed by atoms with van der Waals surface area (Å²) in [6, 6.07) is 3.64. The van der Waals surface area contributed by atoms with E-state index in [1.54, 1.807) is 6.08 Å². The van der Waals surface area contributed by atoms with E-state index >= 15 is 0 Å². The Balaban J connectivity index is 1.97. The van der Waals surface area contributed by atoms with Crippen molar-refractivity contribution in [3.63, 3.8) is 0 Å². The summed E-state index contributed by atoms with van der Waals surface area (Å²) < 4.78 is 26.4. The Morgan fingerprint density at radius 1 is 1.26 bits per heavy atom. The molecule has 2 unspecified atom stereocenters. The van der Waals surface area contributed by atoms with Crippen LogP contribution in [0, 0.1) is 28.9 Å². The third-order valence-electron chi connectivity index (χ3n) is 5.79. The van der Waals surface area contributed by atoms with Gasteiger partial charge in [0.2, 0.25) is 0 Å². The first-order chi connectivity index (χ1) is 10.8. The minimum Gasteiger partial charge on any atom is -0.393 e. The number of rotatable bonds is 1. The van der Waals surface area contributed by atoms with Crippen molar-refractivity contribution >= 4 is 11.9 Å². The van der Waals surface area contributed by atoms with E-state index in [0.29, 0.717) is 17.6 Å². The van der Waals surface area contributed by atoms with Crippen LogP contribution in [0.1, 0.15) is 45.1 Å². The quantitative estimate of drug-likeness (QED) is 0.790. The second kappa shape index (κ2) is 5.82. The summed E-state index contributed by atoms with van der Waals surface area (Å²) in [5.41, 5.74) is 0.755. The molecular formula is C19H22F2O2. The summed E-state index contributed by atoms with van der Waals surface area (Å²) in [5, 5.41) is 10.5. The molecule has 4 atom stereocenters. The fourth-order valence-electron chi connectivity index (χ4n) is 4.41. The van der Waals surface area contributed by atoms with Crippen LogP contribution in [0.3, 0.4) is 0 Å². The van der Waals surface area contributed by atoms with E-state index in [-0.39, 0.29) is 23.0 Å². The molecule has 0 saturated heterocycles. The maximum Gasteiger partial charge on any atom is 0.161 e. The molecule has 3 rings (SSSR count). The fourth-order valence-corrected chi connectivity index (χ4v) is 4.41. The summed E-state index contributed by atoms with van der Waals surface area (Å²) >= 11 is 0. The molecule has 2 aliphatic rings. The first kappa shape index (κ1) is 16.3. The molecule has 0 spiro atoms. The highest BCUT2D eigenvalue weighted by molar-refractivity contribution is 6.02. The lowest BCUT2D eigenvalue weighted by Gasteiger charge is -2.51. The molecule has 2 fully saturated rings. The molecule has 0 bridgehead atoms. The van der Waals surface area contributed by atoms with E-state index in [1.807, 2.05) is 13.8 Å². The number of allylic oxidation sites excluding steroid dienone is 1. The van der Waals surface area contributed by atoms with E-state index in [4.69, 9.17) is 0 Å². The van der Waals surface area contributed by atoms with Crippen molar-refractivity contribution in [2.24, 2.45) is 17.3 Å². The van der Waals surface area contributed by atoms with E-state index in [1.165, 1.54) is 6.07 Å². The van der Waals surface area contributed by atoms with Gasteiger partial charge in [0.25, 0.3) is 0 Å². The Kier molecular flexibility index (Phi) is 4.13. The normalized spacial score (nSPS) is 36.1. The maximum absolute atomic E-state index is 13.4. The Bertz CT molecular complexity index is 667. The Hall–Kier alpha value is -1.55. The molecule has 0 aromatic heterocycles. The topological polar surface area (TPSA) is 37.3 Å². The third-order valence-corrected chi connectivity index (χ3v) is 5.79. The number of hydrogen-bond donors (Lipinski definition) is 1. The molecule has 1 aromatic carbocycles. The first-order valence-electron chi connectivity index (χ1n) is 8.21. The number of fused-ring (bicyclic) bond motifs is 1. The number of aliphatic hydroxyl groups excluding tert-OH is 1. The zero-order valence-electron chi connectivity index (χ0n) is 13.5. The van der Waals surface area contributed by atoms with Gasteiger partial charge >= 0.3 is 0 Å². The molecule has 4 heteroatoms. The number of ketones is 1. The summed E-state index contributed by atoms with van der Waals surface area (Å²) in [4.78, 5) is 12.7. The van der Waals surface area contributed by atoms with Crippen LogP contribution in [0.5, 0.6) is 0 Å². The Labute approximate surface area is 135 Å². The molecule has 1 aromatic rings. The van der Waals surface area contributed by atoms with Crippen LogP contribution >= 0.6 is 0 Å². The van der Waals surface area contributed by atoms with E-state index in [0.717, 1.165) is 31.4 Å². The lowest BCUT2D eigenvalue weighted by Crippen LogP contribution is -2.51. The van der Waals surface area contributed by atoms with Gasteiger partial charge in [-0.2, -0.15) is 0 Å². The van der Waals surface area contributed by atoms with Gasteiger partial charge in [-0.05, 0) is 54.5 Å². The van der Waals surface area contributed by atoms with Crippen LogP contribution in [-0.2, 0) is 4.79 Å². The number of halogens is 2. The molecule has 0 heterocycles. The second-order valence-corrected chi connectivity index (χ2v) is 7.23. The van der Waals surface area contributed by atoms with Gasteiger partial charge in [0, 0.05) is 11.3 Å². The fraction of sp³-hybridized carbons (Fsp3) is 0.526.